The van der Waals surface area contributed by atoms with Gasteiger partial charge in [0.1, 0.15) is 11.6 Å². The number of hydrogen-bond acceptors (Lipinski definition) is 2. The molecule has 0 amide bonds. The highest BCUT2D eigenvalue weighted by Crippen LogP contribution is 2.28. The zero-order valence-corrected chi connectivity index (χ0v) is 9.88. The van der Waals surface area contributed by atoms with Crippen LogP contribution in [0.25, 0.3) is 11.3 Å². The molecule has 0 saturated heterocycles. The van der Waals surface area contributed by atoms with Crippen molar-refractivity contribution in [1.29, 1.82) is 0 Å². The fourth-order valence-electron chi connectivity index (χ4n) is 1.55. The standard InChI is InChI=1S/C12H10ClFN2O/c1-2-10-15-9(6-11(17)16-10)12-7(13)4-3-5-8(12)14/h3-6H,2H2,1H3,(H,15,16,17). The third-order valence-corrected chi connectivity index (χ3v) is 2.66. The second kappa shape index (κ2) is 4.67. The van der Waals surface area contributed by atoms with Gasteiger partial charge in [0.25, 0.3) is 5.56 Å². The number of nitrogens with zero attached hydrogens (tertiary/aromatic N) is 1. The minimum Gasteiger partial charge on any atom is -0.311 e. The first-order valence-corrected chi connectivity index (χ1v) is 5.54. The largest absolute Gasteiger partial charge is 0.311 e. The SMILES string of the molecule is CCc1nc(-c2c(F)cccc2Cl)cc(=O)[nH]1. The van der Waals surface area contributed by atoms with Crippen LogP contribution in [0.2, 0.25) is 5.02 Å². The molecule has 0 aliphatic carbocycles. The first kappa shape index (κ1) is 11.8. The Morgan fingerprint density at radius 2 is 2.24 bits per heavy atom. The van der Waals surface area contributed by atoms with Gasteiger partial charge in [0.15, 0.2) is 0 Å². The number of aromatic nitrogens is 2. The molecule has 1 N–H and O–H groups in total. The number of hydrogen-bond donors (Lipinski definition) is 1. The average Bonchev–Trinajstić information content (AvgIpc) is 2.28. The van der Waals surface area contributed by atoms with Gasteiger partial charge in [-0.1, -0.05) is 24.6 Å². The molecule has 1 aromatic carbocycles. The zero-order chi connectivity index (χ0) is 12.4. The van der Waals surface area contributed by atoms with Crippen molar-refractivity contribution in [3.05, 3.63) is 51.3 Å². The Labute approximate surface area is 102 Å². The topological polar surface area (TPSA) is 45.8 Å². The molecule has 0 saturated carbocycles. The van der Waals surface area contributed by atoms with Crippen LogP contribution in [0.3, 0.4) is 0 Å². The van der Waals surface area contributed by atoms with Crippen molar-refractivity contribution in [2.24, 2.45) is 0 Å². The van der Waals surface area contributed by atoms with Gasteiger partial charge in [0.05, 0.1) is 16.3 Å². The Balaban J connectivity index is 2.68. The summed E-state index contributed by atoms with van der Waals surface area (Å²) >= 11 is 5.92. The number of benzene rings is 1. The number of aryl methyl sites for hydroxylation is 1. The van der Waals surface area contributed by atoms with Crippen molar-refractivity contribution in [2.45, 2.75) is 13.3 Å². The summed E-state index contributed by atoms with van der Waals surface area (Å²) in [5, 5.41) is 0.241. The molecule has 0 aliphatic rings. The molecule has 2 aromatic rings. The molecule has 3 nitrogen and oxygen atoms in total. The Morgan fingerprint density at radius 3 is 2.88 bits per heavy atom. The van der Waals surface area contributed by atoms with Crippen molar-refractivity contribution in [3.8, 4) is 11.3 Å². The molecule has 0 radical (unpaired) electrons. The van der Waals surface area contributed by atoms with Gasteiger partial charge in [-0.3, -0.25) is 4.79 Å². The van der Waals surface area contributed by atoms with E-state index in [-0.39, 0.29) is 21.8 Å². The molecule has 0 spiro atoms. The molecule has 1 heterocycles. The maximum atomic E-state index is 13.7. The second-order valence-corrected chi connectivity index (χ2v) is 3.93. The molecule has 0 fully saturated rings. The van der Waals surface area contributed by atoms with E-state index in [9.17, 15) is 9.18 Å². The first-order chi connectivity index (χ1) is 8.11. The lowest BCUT2D eigenvalue weighted by Crippen LogP contribution is -2.10. The highest BCUT2D eigenvalue weighted by atomic mass is 35.5. The smallest absolute Gasteiger partial charge is 0.251 e. The van der Waals surface area contributed by atoms with E-state index in [1.165, 1.54) is 18.2 Å². The molecule has 0 unspecified atom stereocenters. The van der Waals surface area contributed by atoms with Gasteiger partial charge in [0.2, 0.25) is 0 Å². The molecule has 0 aliphatic heterocycles. The van der Waals surface area contributed by atoms with Crippen LogP contribution in [0, 0.1) is 5.82 Å². The van der Waals surface area contributed by atoms with Crippen LogP contribution in [-0.2, 0) is 6.42 Å². The normalized spacial score (nSPS) is 10.5. The Hall–Kier alpha value is -1.68. The molecule has 5 heteroatoms. The van der Waals surface area contributed by atoms with E-state index in [2.05, 4.69) is 9.97 Å². The average molecular weight is 253 g/mol. The van der Waals surface area contributed by atoms with Gasteiger partial charge < -0.3 is 4.98 Å². The monoisotopic (exact) mass is 252 g/mol. The number of rotatable bonds is 2. The van der Waals surface area contributed by atoms with Gasteiger partial charge in [-0.15, -0.1) is 0 Å². The van der Waals surface area contributed by atoms with Crippen molar-refractivity contribution in [2.75, 3.05) is 0 Å². The van der Waals surface area contributed by atoms with Crippen LogP contribution in [0.5, 0.6) is 0 Å². The summed E-state index contributed by atoms with van der Waals surface area (Å²) in [6.45, 7) is 1.85. The predicted octanol–water partition coefficient (Wildman–Crippen LogP) is 2.79. The Kier molecular flexibility index (Phi) is 3.24. The fourth-order valence-corrected chi connectivity index (χ4v) is 1.81. The maximum Gasteiger partial charge on any atom is 0.251 e. The van der Waals surface area contributed by atoms with Gasteiger partial charge in [0, 0.05) is 12.5 Å². The summed E-state index contributed by atoms with van der Waals surface area (Å²) in [6.07, 6.45) is 0.565. The number of aromatic amines is 1. The zero-order valence-electron chi connectivity index (χ0n) is 9.13. The van der Waals surface area contributed by atoms with Crippen LogP contribution in [0.15, 0.2) is 29.1 Å². The van der Waals surface area contributed by atoms with Gasteiger partial charge in [-0.05, 0) is 12.1 Å². The number of halogens is 2. The first-order valence-electron chi connectivity index (χ1n) is 5.16. The molecule has 88 valence electrons. The summed E-state index contributed by atoms with van der Waals surface area (Å²) in [5.41, 5.74) is 0.106. The van der Waals surface area contributed by atoms with Crippen LogP contribution >= 0.6 is 11.6 Å². The van der Waals surface area contributed by atoms with E-state index in [4.69, 9.17) is 11.6 Å². The highest BCUT2D eigenvalue weighted by Gasteiger charge is 2.12. The van der Waals surface area contributed by atoms with E-state index < -0.39 is 5.82 Å². The maximum absolute atomic E-state index is 13.7. The minimum atomic E-state index is -0.488. The quantitative estimate of drug-likeness (QED) is 0.893. The van der Waals surface area contributed by atoms with Crippen molar-refractivity contribution < 1.29 is 4.39 Å². The van der Waals surface area contributed by atoms with Crippen molar-refractivity contribution >= 4 is 11.6 Å². The van der Waals surface area contributed by atoms with Crippen LogP contribution in [-0.4, -0.2) is 9.97 Å². The lowest BCUT2D eigenvalue weighted by Gasteiger charge is -2.06. The summed E-state index contributed by atoms with van der Waals surface area (Å²) < 4.78 is 13.7. The van der Waals surface area contributed by atoms with Crippen LogP contribution in [0.4, 0.5) is 4.39 Å². The summed E-state index contributed by atoms with van der Waals surface area (Å²) in [4.78, 5) is 18.1. The van der Waals surface area contributed by atoms with E-state index in [1.807, 2.05) is 6.92 Å². The van der Waals surface area contributed by atoms with E-state index >= 15 is 0 Å². The number of H-pyrrole nitrogens is 1. The van der Waals surface area contributed by atoms with E-state index in [1.54, 1.807) is 6.07 Å². The molecule has 1 aromatic heterocycles. The molecule has 2 rings (SSSR count). The fraction of sp³-hybridized carbons (Fsp3) is 0.167. The second-order valence-electron chi connectivity index (χ2n) is 3.53. The third-order valence-electron chi connectivity index (χ3n) is 2.34. The molecular formula is C12H10ClFN2O. The van der Waals surface area contributed by atoms with E-state index in [0.29, 0.717) is 12.2 Å². The van der Waals surface area contributed by atoms with Crippen molar-refractivity contribution in [3.63, 3.8) is 0 Å². The van der Waals surface area contributed by atoms with E-state index in [0.717, 1.165) is 0 Å². The summed E-state index contributed by atoms with van der Waals surface area (Å²) in [7, 11) is 0. The van der Waals surface area contributed by atoms with Crippen molar-refractivity contribution in [1.82, 2.24) is 9.97 Å². The molecular weight excluding hydrogens is 243 g/mol. The lowest BCUT2D eigenvalue weighted by atomic mass is 10.1. The minimum absolute atomic E-state index is 0.162. The third kappa shape index (κ3) is 2.36. The molecule has 0 bridgehead atoms. The Bertz CT molecular complexity index is 589. The van der Waals surface area contributed by atoms with Gasteiger partial charge in [-0.2, -0.15) is 0 Å². The van der Waals surface area contributed by atoms with Crippen LogP contribution < -0.4 is 5.56 Å². The summed E-state index contributed by atoms with van der Waals surface area (Å²) in [5.74, 6) is 0.0180. The molecule has 0 atom stereocenters. The van der Waals surface area contributed by atoms with Gasteiger partial charge >= 0.3 is 0 Å². The lowest BCUT2D eigenvalue weighted by molar-refractivity contribution is 0.630. The van der Waals surface area contributed by atoms with Gasteiger partial charge in [-0.25, -0.2) is 9.37 Å². The highest BCUT2D eigenvalue weighted by molar-refractivity contribution is 6.33. The molecule has 17 heavy (non-hydrogen) atoms. The van der Waals surface area contributed by atoms with Crippen LogP contribution in [0.1, 0.15) is 12.7 Å². The number of nitrogens with one attached hydrogen (secondary N) is 1. The predicted molar refractivity (Wildman–Crippen MR) is 64.6 cm³/mol. The Morgan fingerprint density at radius 1 is 1.47 bits per heavy atom. The summed E-state index contributed by atoms with van der Waals surface area (Å²) in [6, 6.07) is 5.60.